The molecule has 2 aliphatic rings. The maximum absolute atomic E-state index is 5.70. The van der Waals surface area contributed by atoms with E-state index in [9.17, 15) is 0 Å². The van der Waals surface area contributed by atoms with Crippen LogP contribution in [-0.4, -0.2) is 25.8 Å². The number of aromatic nitrogens is 3. The third kappa shape index (κ3) is 2.76. The molecule has 0 bridgehead atoms. The van der Waals surface area contributed by atoms with Crippen LogP contribution >= 0.6 is 23.6 Å². The van der Waals surface area contributed by atoms with Gasteiger partial charge in [-0.15, -0.1) is 11.3 Å². The quantitative estimate of drug-likeness (QED) is 0.615. The third-order valence-electron chi connectivity index (χ3n) is 5.57. The van der Waals surface area contributed by atoms with Gasteiger partial charge in [-0.1, -0.05) is 30.3 Å². The van der Waals surface area contributed by atoms with Crippen molar-refractivity contribution in [1.29, 1.82) is 0 Å². The number of fused-ring (bicyclic) bond motifs is 1. The molecule has 26 heavy (non-hydrogen) atoms. The fourth-order valence-electron chi connectivity index (χ4n) is 4.11. The minimum absolute atomic E-state index is 0.536. The molecule has 0 amide bonds. The van der Waals surface area contributed by atoms with Crippen molar-refractivity contribution in [2.24, 2.45) is 13.0 Å². The summed E-state index contributed by atoms with van der Waals surface area (Å²) in [7, 11) is 2.01. The van der Waals surface area contributed by atoms with Gasteiger partial charge in [-0.05, 0) is 54.4 Å². The van der Waals surface area contributed by atoms with Crippen molar-refractivity contribution in [2.75, 3.05) is 6.54 Å². The number of thiophene rings is 1. The van der Waals surface area contributed by atoms with Gasteiger partial charge in [-0.3, -0.25) is 4.90 Å². The van der Waals surface area contributed by atoms with E-state index < -0.39 is 0 Å². The molecule has 6 heteroatoms. The van der Waals surface area contributed by atoms with Gasteiger partial charge < -0.3 is 4.57 Å². The van der Waals surface area contributed by atoms with E-state index >= 15 is 0 Å². The number of hydrogen-bond donors (Lipinski definition) is 0. The second-order valence-corrected chi connectivity index (χ2v) is 8.68. The molecule has 3 aromatic rings. The van der Waals surface area contributed by atoms with Gasteiger partial charge in [0.05, 0.1) is 6.67 Å². The topological polar surface area (TPSA) is 26.0 Å². The Morgan fingerprint density at radius 3 is 2.77 bits per heavy atom. The normalized spacial score (nSPS) is 20.3. The Bertz CT molecular complexity index is 981. The molecule has 0 radical (unpaired) electrons. The van der Waals surface area contributed by atoms with Crippen molar-refractivity contribution >= 4 is 23.6 Å². The molecule has 1 aliphatic heterocycles. The highest BCUT2D eigenvalue weighted by molar-refractivity contribution is 7.71. The predicted molar refractivity (Wildman–Crippen MR) is 108 cm³/mol. The summed E-state index contributed by atoms with van der Waals surface area (Å²) < 4.78 is 4.82. The van der Waals surface area contributed by atoms with E-state index in [1.54, 1.807) is 10.4 Å². The highest BCUT2D eigenvalue weighted by Crippen LogP contribution is 2.48. The Balaban J connectivity index is 1.47. The summed E-state index contributed by atoms with van der Waals surface area (Å²) in [4.78, 5) is 4.16. The molecule has 5 rings (SSSR count). The largest absolute Gasteiger partial charge is 0.303 e. The van der Waals surface area contributed by atoms with Crippen LogP contribution in [0.1, 0.15) is 29.3 Å². The summed E-state index contributed by atoms with van der Waals surface area (Å²) in [5.74, 6) is 1.74. The lowest BCUT2D eigenvalue weighted by Crippen LogP contribution is -2.37. The molecule has 4 nitrogen and oxygen atoms in total. The van der Waals surface area contributed by atoms with Gasteiger partial charge in [-0.2, -0.15) is 5.10 Å². The Kier molecular flexibility index (Phi) is 4.07. The monoisotopic (exact) mass is 382 g/mol. The van der Waals surface area contributed by atoms with Crippen molar-refractivity contribution < 1.29 is 0 Å². The van der Waals surface area contributed by atoms with Gasteiger partial charge in [-0.25, -0.2) is 4.68 Å². The van der Waals surface area contributed by atoms with Gasteiger partial charge in [0.25, 0.3) is 0 Å². The molecule has 1 saturated carbocycles. The van der Waals surface area contributed by atoms with Crippen molar-refractivity contribution in [2.45, 2.75) is 32.0 Å². The van der Waals surface area contributed by atoms with Crippen molar-refractivity contribution in [3.8, 4) is 11.4 Å². The van der Waals surface area contributed by atoms with E-state index in [2.05, 4.69) is 28.5 Å². The maximum Gasteiger partial charge on any atom is 0.199 e. The zero-order valence-corrected chi connectivity index (χ0v) is 16.5. The summed E-state index contributed by atoms with van der Waals surface area (Å²) in [5.41, 5.74) is 2.66. The Morgan fingerprint density at radius 1 is 1.19 bits per heavy atom. The van der Waals surface area contributed by atoms with Crippen LogP contribution in [0.15, 0.2) is 41.8 Å². The van der Waals surface area contributed by atoms with Gasteiger partial charge in [0.15, 0.2) is 10.6 Å². The summed E-state index contributed by atoms with van der Waals surface area (Å²) in [6, 6.07) is 13.2. The Labute approximate surface area is 162 Å². The molecule has 134 valence electrons. The van der Waals surface area contributed by atoms with Crippen LogP contribution in [-0.2, 0) is 20.1 Å². The average molecular weight is 383 g/mol. The molecule has 1 fully saturated rings. The highest BCUT2D eigenvalue weighted by Gasteiger charge is 2.40. The minimum Gasteiger partial charge on any atom is -0.303 e. The van der Waals surface area contributed by atoms with Gasteiger partial charge in [0, 0.05) is 30.1 Å². The summed E-state index contributed by atoms with van der Waals surface area (Å²) in [6.45, 7) is 1.86. The van der Waals surface area contributed by atoms with Crippen molar-refractivity contribution in [3.63, 3.8) is 0 Å². The van der Waals surface area contributed by atoms with E-state index in [-0.39, 0.29) is 0 Å². The average Bonchev–Trinajstić information content (AvgIpc) is 3.33. The lowest BCUT2D eigenvalue weighted by molar-refractivity contribution is 0.117. The van der Waals surface area contributed by atoms with Crippen LogP contribution < -0.4 is 0 Å². The first-order valence-corrected chi connectivity index (χ1v) is 10.5. The summed E-state index contributed by atoms with van der Waals surface area (Å²) >= 11 is 7.62. The number of benzene rings is 1. The van der Waals surface area contributed by atoms with E-state index in [0.29, 0.717) is 6.04 Å². The first-order valence-electron chi connectivity index (χ1n) is 9.22. The SMILES string of the molecule is Cn1c(-c2ccccc2)nn(CN2CCc3sccc3[C@H]2C2CC2)c1=S. The molecule has 0 saturated heterocycles. The lowest BCUT2D eigenvalue weighted by atomic mass is 9.96. The lowest BCUT2D eigenvalue weighted by Gasteiger charge is -2.35. The number of nitrogens with zero attached hydrogens (tertiary/aromatic N) is 4. The van der Waals surface area contributed by atoms with Gasteiger partial charge in [0.1, 0.15) is 0 Å². The molecule has 0 N–H and O–H groups in total. The number of rotatable bonds is 4. The zero-order valence-electron chi connectivity index (χ0n) is 14.8. The molecule has 2 aromatic heterocycles. The maximum atomic E-state index is 5.70. The second kappa shape index (κ2) is 6.44. The van der Waals surface area contributed by atoms with Crippen LogP contribution in [0.5, 0.6) is 0 Å². The molecule has 0 unspecified atom stereocenters. The minimum atomic E-state index is 0.536. The van der Waals surface area contributed by atoms with Crippen molar-refractivity contribution in [3.05, 3.63) is 57.0 Å². The molecular formula is C20H22N4S2. The Hall–Kier alpha value is -1.76. The third-order valence-corrected chi connectivity index (χ3v) is 7.06. The van der Waals surface area contributed by atoms with Crippen LogP contribution in [0.2, 0.25) is 0 Å². The first-order chi connectivity index (χ1) is 12.7. The summed E-state index contributed by atoms with van der Waals surface area (Å²) in [5, 5.41) is 7.12. The fraction of sp³-hybridized carbons (Fsp3) is 0.400. The molecule has 0 spiro atoms. The van der Waals surface area contributed by atoms with Crippen LogP contribution in [0.4, 0.5) is 0 Å². The van der Waals surface area contributed by atoms with Gasteiger partial charge >= 0.3 is 0 Å². The van der Waals surface area contributed by atoms with Crippen molar-refractivity contribution in [1.82, 2.24) is 19.2 Å². The van der Waals surface area contributed by atoms with E-state index in [4.69, 9.17) is 17.3 Å². The predicted octanol–water partition coefficient (Wildman–Crippen LogP) is 4.65. The summed E-state index contributed by atoms with van der Waals surface area (Å²) in [6.07, 6.45) is 3.83. The second-order valence-electron chi connectivity index (χ2n) is 7.32. The highest BCUT2D eigenvalue weighted by atomic mass is 32.1. The zero-order chi connectivity index (χ0) is 17.7. The van der Waals surface area contributed by atoms with Crippen LogP contribution in [0.25, 0.3) is 11.4 Å². The fourth-order valence-corrected chi connectivity index (χ4v) is 5.21. The standard InChI is InChI=1S/C20H22N4S2/c1-22-19(15-5-3-2-4-6-15)21-24(20(22)25)13-23-11-9-17-16(10-12-26-17)18(23)14-7-8-14/h2-6,10,12,14,18H,7-9,11,13H2,1H3/t18-/m1/s1. The van der Waals surface area contributed by atoms with E-state index in [0.717, 1.165) is 41.7 Å². The van der Waals surface area contributed by atoms with Crippen LogP contribution in [0.3, 0.4) is 0 Å². The molecule has 3 heterocycles. The smallest absolute Gasteiger partial charge is 0.199 e. The Morgan fingerprint density at radius 2 is 2.00 bits per heavy atom. The van der Waals surface area contributed by atoms with Crippen LogP contribution in [0, 0.1) is 10.7 Å². The molecule has 1 aliphatic carbocycles. The molecule has 1 atom stereocenters. The molecular weight excluding hydrogens is 360 g/mol. The van der Waals surface area contributed by atoms with E-state index in [1.807, 2.05) is 45.8 Å². The molecule has 1 aromatic carbocycles. The number of hydrogen-bond acceptors (Lipinski definition) is 4. The van der Waals surface area contributed by atoms with E-state index in [1.165, 1.54) is 12.8 Å². The van der Waals surface area contributed by atoms with Gasteiger partial charge in [0.2, 0.25) is 0 Å². The first kappa shape index (κ1) is 16.4.